The lowest BCUT2D eigenvalue weighted by atomic mass is 10.1. The number of anilines is 1. The summed E-state index contributed by atoms with van der Waals surface area (Å²) in [5.41, 5.74) is 2.17. The van der Waals surface area contributed by atoms with Crippen molar-refractivity contribution in [3.8, 4) is 11.5 Å². The monoisotopic (exact) mass is 426 g/mol. The summed E-state index contributed by atoms with van der Waals surface area (Å²) in [7, 11) is 4.25. The Hall–Kier alpha value is -3.06. The summed E-state index contributed by atoms with van der Waals surface area (Å²) in [5.74, 6) is -0.125. The van der Waals surface area contributed by atoms with E-state index < -0.39 is 5.97 Å². The number of hydrogen-bond acceptors (Lipinski definition) is 6. The van der Waals surface area contributed by atoms with Gasteiger partial charge < -0.3 is 19.5 Å². The second kappa shape index (κ2) is 10.8. The van der Waals surface area contributed by atoms with Gasteiger partial charge in [0, 0.05) is 24.2 Å². The molecular weight excluding hydrogens is 396 g/mol. The van der Waals surface area contributed by atoms with Crippen LogP contribution in [0.15, 0.2) is 36.4 Å². The van der Waals surface area contributed by atoms with Gasteiger partial charge >= 0.3 is 5.97 Å². The summed E-state index contributed by atoms with van der Waals surface area (Å²) < 4.78 is 15.4. The predicted molar refractivity (Wildman–Crippen MR) is 119 cm³/mol. The Bertz CT molecular complexity index is 903. The largest absolute Gasteiger partial charge is 0.493 e. The quantitative estimate of drug-likeness (QED) is 0.671. The molecule has 31 heavy (non-hydrogen) atoms. The van der Waals surface area contributed by atoms with E-state index in [1.165, 1.54) is 58.6 Å². The summed E-state index contributed by atoms with van der Waals surface area (Å²) in [4.78, 5) is 27.5. The Morgan fingerprint density at radius 1 is 0.903 bits per heavy atom. The molecule has 0 aromatic heterocycles. The van der Waals surface area contributed by atoms with Gasteiger partial charge in [-0.25, -0.2) is 4.79 Å². The molecule has 0 atom stereocenters. The van der Waals surface area contributed by atoms with Gasteiger partial charge in [0.15, 0.2) is 11.5 Å². The lowest BCUT2D eigenvalue weighted by Crippen LogP contribution is -2.24. The molecule has 166 valence electrons. The molecule has 0 bridgehead atoms. The van der Waals surface area contributed by atoms with Crippen LogP contribution in [-0.2, 0) is 11.3 Å². The Labute approximate surface area is 183 Å². The highest BCUT2D eigenvalue weighted by molar-refractivity contribution is 6.08. The van der Waals surface area contributed by atoms with E-state index in [-0.39, 0.29) is 11.5 Å². The van der Waals surface area contributed by atoms with Crippen molar-refractivity contribution in [2.45, 2.75) is 32.2 Å². The fourth-order valence-electron chi connectivity index (χ4n) is 3.77. The van der Waals surface area contributed by atoms with Gasteiger partial charge in [-0.05, 0) is 43.6 Å². The van der Waals surface area contributed by atoms with Gasteiger partial charge in [-0.2, -0.15) is 0 Å². The number of hydrogen-bond donors (Lipinski definition) is 1. The van der Waals surface area contributed by atoms with Crippen molar-refractivity contribution in [3.05, 3.63) is 53.1 Å². The van der Waals surface area contributed by atoms with Crippen LogP contribution in [0.2, 0.25) is 0 Å². The highest BCUT2D eigenvalue weighted by Crippen LogP contribution is 2.34. The maximum Gasteiger partial charge on any atom is 0.340 e. The smallest absolute Gasteiger partial charge is 0.340 e. The standard InChI is InChI=1S/C24H30N2O5/c1-29-21-14-19(24(28)31-3)20(15-22(21)30-2)25-23(27)18-10-8-17(9-11-18)16-26-12-6-4-5-7-13-26/h8-11,14-15H,4-7,12-13,16H2,1-3H3,(H,25,27). The summed E-state index contributed by atoms with van der Waals surface area (Å²) >= 11 is 0. The minimum atomic E-state index is -0.580. The van der Waals surface area contributed by atoms with Gasteiger partial charge in [0.1, 0.15) is 0 Å². The molecule has 0 unspecified atom stereocenters. The van der Waals surface area contributed by atoms with Crippen LogP contribution in [0.3, 0.4) is 0 Å². The van der Waals surface area contributed by atoms with Crippen LogP contribution in [0.1, 0.15) is 52.0 Å². The van der Waals surface area contributed by atoms with Crippen LogP contribution in [0.25, 0.3) is 0 Å². The number of carbonyl (C=O) groups excluding carboxylic acids is 2. The first-order chi connectivity index (χ1) is 15.0. The van der Waals surface area contributed by atoms with E-state index in [1.54, 1.807) is 18.2 Å². The number of ether oxygens (including phenoxy) is 3. The van der Waals surface area contributed by atoms with E-state index >= 15 is 0 Å². The van der Waals surface area contributed by atoms with Crippen molar-refractivity contribution in [1.29, 1.82) is 0 Å². The number of methoxy groups -OCH3 is 3. The third-order valence-electron chi connectivity index (χ3n) is 5.50. The number of nitrogens with one attached hydrogen (secondary N) is 1. The van der Waals surface area contributed by atoms with Crippen LogP contribution < -0.4 is 14.8 Å². The van der Waals surface area contributed by atoms with Gasteiger partial charge in [0.2, 0.25) is 0 Å². The van der Waals surface area contributed by atoms with Crippen molar-refractivity contribution < 1.29 is 23.8 Å². The second-order valence-electron chi connectivity index (χ2n) is 7.59. The van der Waals surface area contributed by atoms with Crippen LogP contribution >= 0.6 is 0 Å². The van der Waals surface area contributed by atoms with Gasteiger partial charge in [-0.3, -0.25) is 9.69 Å². The molecule has 1 aliphatic rings. The average Bonchev–Trinajstić information content (AvgIpc) is 3.07. The molecular formula is C24H30N2O5. The Balaban J connectivity index is 1.75. The molecule has 1 amide bonds. The molecule has 1 N–H and O–H groups in total. The summed E-state index contributed by atoms with van der Waals surface area (Å²) in [6, 6.07) is 10.6. The van der Waals surface area contributed by atoms with E-state index in [1.807, 2.05) is 12.1 Å². The molecule has 2 aromatic carbocycles. The van der Waals surface area contributed by atoms with Crippen molar-refractivity contribution in [2.24, 2.45) is 0 Å². The van der Waals surface area contributed by atoms with Crippen molar-refractivity contribution in [2.75, 3.05) is 39.7 Å². The third-order valence-corrected chi connectivity index (χ3v) is 5.50. The third kappa shape index (κ3) is 5.76. The lowest BCUT2D eigenvalue weighted by molar-refractivity contribution is 0.0601. The molecule has 0 aliphatic carbocycles. The van der Waals surface area contributed by atoms with E-state index in [9.17, 15) is 9.59 Å². The van der Waals surface area contributed by atoms with Gasteiger partial charge in [0.25, 0.3) is 5.91 Å². The maximum absolute atomic E-state index is 12.8. The zero-order valence-corrected chi connectivity index (χ0v) is 18.4. The van der Waals surface area contributed by atoms with Crippen LogP contribution in [0.5, 0.6) is 11.5 Å². The Morgan fingerprint density at radius 2 is 1.52 bits per heavy atom. The molecule has 0 saturated carbocycles. The number of amides is 1. The predicted octanol–water partition coefficient (Wildman–Crippen LogP) is 4.12. The van der Waals surface area contributed by atoms with Crippen LogP contribution in [-0.4, -0.2) is 51.2 Å². The number of benzene rings is 2. The molecule has 0 radical (unpaired) electrons. The topological polar surface area (TPSA) is 77.1 Å². The summed E-state index contributed by atoms with van der Waals surface area (Å²) in [5, 5.41) is 2.79. The second-order valence-corrected chi connectivity index (χ2v) is 7.59. The molecule has 0 spiro atoms. The van der Waals surface area contributed by atoms with E-state index in [2.05, 4.69) is 10.2 Å². The van der Waals surface area contributed by atoms with Crippen molar-refractivity contribution >= 4 is 17.6 Å². The van der Waals surface area contributed by atoms with E-state index in [0.29, 0.717) is 22.7 Å². The number of esters is 1. The SMILES string of the molecule is COC(=O)c1cc(OC)c(OC)cc1NC(=O)c1ccc(CN2CCCCCC2)cc1. The van der Waals surface area contributed by atoms with Crippen LogP contribution in [0, 0.1) is 0 Å². The highest BCUT2D eigenvalue weighted by atomic mass is 16.5. The first kappa shape index (κ1) is 22.6. The molecule has 3 rings (SSSR count). The van der Waals surface area contributed by atoms with Gasteiger partial charge in [-0.1, -0.05) is 25.0 Å². The maximum atomic E-state index is 12.8. The average molecular weight is 427 g/mol. The molecule has 1 heterocycles. The Morgan fingerprint density at radius 3 is 2.10 bits per heavy atom. The first-order valence-electron chi connectivity index (χ1n) is 10.5. The lowest BCUT2D eigenvalue weighted by Gasteiger charge is -2.19. The van der Waals surface area contributed by atoms with E-state index in [0.717, 1.165) is 19.6 Å². The van der Waals surface area contributed by atoms with Crippen molar-refractivity contribution in [1.82, 2.24) is 4.90 Å². The molecule has 7 nitrogen and oxygen atoms in total. The number of carbonyl (C=O) groups is 2. The van der Waals surface area contributed by atoms with Gasteiger partial charge in [-0.15, -0.1) is 0 Å². The fraction of sp³-hybridized carbons (Fsp3) is 0.417. The molecule has 2 aromatic rings. The molecule has 7 heteroatoms. The number of rotatable bonds is 7. The minimum absolute atomic E-state index is 0.186. The highest BCUT2D eigenvalue weighted by Gasteiger charge is 2.20. The normalized spacial score (nSPS) is 14.4. The minimum Gasteiger partial charge on any atom is -0.493 e. The van der Waals surface area contributed by atoms with Gasteiger partial charge in [0.05, 0.1) is 32.6 Å². The zero-order valence-electron chi connectivity index (χ0n) is 18.4. The fourth-order valence-corrected chi connectivity index (χ4v) is 3.77. The molecule has 1 saturated heterocycles. The summed E-state index contributed by atoms with van der Waals surface area (Å²) in [6.45, 7) is 3.14. The van der Waals surface area contributed by atoms with E-state index in [4.69, 9.17) is 14.2 Å². The zero-order chi connectivity index (χ0) is 22.2. The number of nitrogens with zero attached hydrogens (tertiary/aromatic N) is 1. The molecule has 1 fully saturated rings. The summed E-state index contributed by atoms with van der Waals surface area (Å²) in [6.07, 6.45) is 5.10. The number of likely N-dealkylation sites (tertiary alicyclic amines) is 1. The first-order valence-corrected chi connectivity index (χ1v) is 10.5. The van der Waals surface area contributed by atoms with Crippen LogP contribution in [0.4, 0.5) is 5.69 Å². The van der Waals surface area contributed by atoms with Crippen molar-refractivity contribution in [3.63, 3.8) is 0 Å². The Kier molecular flexibility index (Phi) is 7.89. The molecule has 1 aliphatic heterocycles.